The summed E-state index contributed by atoms with van der Waals surface area (Å²) in [7, 11) is 0. The number of piperidine rings is 1. The molecule has 0 N–H and O–H groups in total. The summed E-state index contributed by atoms with van der Waals surface area (Å²) in [6.07, 6.45) is 2.15. The van der Waals surface area contributed by atoms with Gasteiger partial charge in [0.1, 0.15) is 0 Å². The maximum Gasteiger partial charge on any atom is 0.310 e. The molecule has 0 aliphatic carbocycles. The fourth-order valence-corrected chi connectivity index (χ4v) is 3.81. The van der Waals surface area contributed by atoms with Crippen LogP contribution in [0.5, 0.6) is 0 Å². The number of carbonyl (C=O) groups is 4. The van der Waals surface area contributed by atoms with Crippen molar-refractivity contribution in [1.82, 2.24) is 9.80 Å². The lowest BCUT2D eigenvalue weighted by Crippen LogP contribution is -2.43. The summed E-state index contributed by atoms with van der Waals surface area (Å²) in [4.78, 5) is 52.2. The SMILES string of the molecule is CCOC(=O)[C@@H]1CCCN(C(=O)CCCN2C(=O)c3ccc(C)cc3C2=O)C1. The van der Waals surface area contributed by atoms with Crippen molar-refractivity contribution in [3.8, 4) is 0 Å². The molecule has 1 atom stereocenters. The second kappa shape index (κ2) is 8.54. The fourth-order valence-electron chi connectivity index (χ4n) is 3.81. The molecule has 0 saturated carbocycles. The van der Waals surface area contributed by atoms with Crippen molar-refractivity contribution in [1.29, 1.82) is 0 Å². The van der Waals surface area contributed by atoms with E-state index in [0.29, 0.717) is 37.2 Å². The molecule has 7 heteroatoms. The Morgan fingerprint density at radius 3 is 2.68 bits per heavy atom. The van der Waals surface area contributed by atoms with E-state index < -0.39 is 0 Å². The second-order valence-electron chi connectivity index (χ2n) is 7.35. The van der Waals surface area contributed by atoms with Crippen LogP contribution in [0.3, 0.4) is 0 Å². The Balaban J connectivity index is 1.51. The van der Waals surface area contributed by atoms with Crippen LogP contribution in [0.1, 0.15) is 58.9 Å². The lowest BCUT2D eigenvalue weighted by Gasteiger charge is -2.31. The van der Waals surface area contributed by atoms with E-state index in [1.807, 2.05) is 13.0 Å². The number of aryl methyl sites for hydroxylation is 1. The van der Waals surface area contributed by atoms with Crippen molar-refractivity contribution in [2.24, 2.45) is 5.92 Å². The molecule has 0 radical (unpaired) electrons. The average Bonchev–Trinajstić information content (AvgIpc) is 2.92. The average molecular weight is 386 g/mol. The third-order valence-corrected chi connectivity index (χ3v) is 5.29. The molecule has 2 aliphatic rings. The van der Waals surface area contributed by atoms with Gasteiger partial charge in [-0.25, -0.2) is 0 Å². The minimum atomic E-state index is -0.298. The van der Waals surface area contributed by atoms with Gasteiger partial charge in [0.25, 0.3) is 11.8 Å². The molecular formula is C21H26N2O5. The Hall–Kier alpha value is -2.70. The minimum Gasteiger partial charge on any atom is -0.466 e. The number of hydrogen-bond acceptors (Lipinski definition) is 5. The van der Waals surface area contributed by atoms with E-state index in [0.717, 1.165) is 18.4 Å². The second-order valence-corrected chi connectivity index (χ2v) is 7.35. The number of imide groups is 1. The van der Waals surface area contributed by atoms with Gasteiger partial charge in [0.2, 0.25) is 5.91 Å². The first kappa shape index (κ1) is 20.0. The van der Waals surface area contributed by atoms with Gasteiger partial charge in [-0.05, 0) is 45.2 Å². The van der Waals surface area contributed by atoms with E-state index in [-0.39, 0.29) is 42.6 Å². The summed E-state index contributed by atoms with van der Waals surface area (Å²) >= 11 is 0. The summed E-state index contributed by atoms with van der Waals surface area (Å²) in [6, 6.07) is 5.22. The van der Waals surface area contributed by atoms with Crippen LogP contribution in [0.15, 0.2) is 18.2 Å². The molecule has 28 heavy (non-hydrogen) atoms. The Labute approximate surface area is 164 Å². The zero-order chi connectivity index (χ0) is 20.3. The number of fused-ring (bicyclic) bond motifs is 1. The highest BCUT2D eigenvalue weighted by atomic mass is 16.5. The lowest BCUT2D eigenvalue weighted by atomic mass is 9.98. The van der Waals surface area contributed by atoms with Crippen LogP contribution in [0.25, 0.3) is 0 Å². The van der Waals surface area contributed by atoms with Crippen molar-refractivity contribution in [2.45, 2.75) is 39.5 Å². The first-order chi connectivity index (χ1) is 13.4. The van der Waals surface area contributed by atoms with Crippen LogP contribution in [-0.4, -0.2) is 59.7 Å². The van der Waals surface area contributed by atoms with Crippen LogP contribution >= 0.6 is 0 Å². The molecule has 0 bridgehead atoms. The summed E-state index contributed by atoms with van der Waals surface area (Å²) in [5, 5.41) is 0. The third kappa shape index (κ3) is 4.08. The molecule has 2 aliphatic heterocycles. The maximum absolute atomic E-state index is 12.5. The molecule has 0 unspecified atom stereocenters. The predicted molar refractivity (Wildman–Crippen MR) is 102 cm³/mol. The highest BCUT2D eigenvalue weighted by Gasteiger charge is 2.35. The smallest absolute Gasteiger partial charge is 0.310 e. The standard InChI is InChI=1S/C21H26N2O5/c1-3-28-21(27)15-6-4-10-22(13-15)18(24)7-5-11-23-19(25)16-9-8-14(2)12-17(16)20(23)26/h8-9,12,15H,3-7,10-11,13H2,1-2H3/t15-/m1/s1. The molecule has 1 fully saturated rings. The Morgan fingerprint density at radius 2 is 1.93 bits per heavy atom. The van der Waals surface area contributed by atoms with Gasteiger partial charge in [0, 0.05) is 26.1 Å². The first-order valence-electron chi connectivity index (χ1n) is 9.83. The molecule has 1 aromatic carbocycles. The Kier molecular flexibility index (Phi) is 6.11. The molecule has 1 aromatic rings. The van der Waals surface area contributed by atoms with Crippen LogP contribution in [0.2, 0.25) is 0 Å². The molecule has 3 amide bonds. The monoisotopic (exact) mass is 386 g/mol. The third-order valence-electron chi connectivity index (χ3n) is 5.29. The molecule has 0 spiro atoms. The number of ether oxygens (including phenoxy) is 1. The van der Waals surface area contributed by atoms with Gasteiger partial charge in [-0.1, -0.05) is 11.6 Å². The minimum absolute atomic E-state index is 0.0542. The normalized spacial score (nSPS) is 19.0. The molecular weight excluding hydrogens is 360 g/mol. The maximum atomic E-state index is 12.5. The predicted octanol–water partition coefficient (Wildman–Crippen LogP) is 2.17. The largest absolute Gasteiger partial charge is 0.466 e. The van der Waals surface area contributed by atoms with E-state index in [1.165, 1.54) is 4.90 Å². The van der Waals surface area contributed by atoms with Crippen molar-refractivity contribution in [3.63, 3.8) is 0 Å². The van der Waals surface area contributed by atoms with Crippen molar-refractivity contribution in [2.75, 3.05) is 26.2 Å². The summed E-state index contributed by atoms with van der Waals surface area (Å²) in [5.74, 6) is -1.16. The molecule has 150 valence electrons. The first-order valence-corrected chi connectivity index (χ1v) is 9.83. The fraction of sp³-hybridized carbons (Fsp3) is 0.524. The zero-order valence-electron chi connectivity index (χ0n) is 16.4. The van der Waals surface area contributed by atoms with Crippen LogP contribution < -0.4 is 0 Å². The summed E-state index contributed by atoms with van der Waals surface area (Å²) in [6.45, 7) is 5.20. The Morgan fingerprint density at radius 1 is 1.18 bits per heavy atom. The van der Waals surface area contributed by atoms with Gasteiger partial charge in [-0.3, -0.25) is 24.1 Å². The topological polar surface area (TPSA) is 84.0 Å². The van der Waals surface area contributed by atoms with Gasteiger partial charge in [0.15, 0.2) is 0 Å². The highest BCUT2D eigenvalue weighted by Crippen LogP contribution is 2.24. The molecule has 2 heterocycles. The van der Waals surface area contributed by atoms with Gasteiger partial charge >= 0.3 is 5.97 Å². The number of hydrogen-bond donors (Lipinski definition) is 0. The number of nitrogens with zero attached hydrogens (tertiary/aromatic N) is 2. The molecule has 1 saturated heterocycles. The van der Waals surface area contributed by atoms with E-state index in [1.54, 1.807) is 24.0 Å². The Bertz CT molecular complexity index is 804. The zero-order valence-corrected chi connectivity index (χ0v) is 16.4. The molecule has 7 nitrogen and oxygen atoms in total. The van der Waals surface area contributed by atoms with Crippen LogP contribution in [-0.2, 0) is 14.3 Å². The summed E-state index contributed by atoms with van der Waals surface area (Å²) < 4.78 is 5.06. The molecule has 3 rings (SSSR count). The van der Waals surface area contributed by atoms with Gasteiger partial charge < -0.3 is 9.64 Å². The van der Waals surface area contributed by atoms with Crippen LogP contribution in [0.4, 0.5) is 0 Å². The molecule has 0 aromatic heterocycles. The van der Waals surface area contributed by atoms with Crippen molar-refractivity contribution < 1.29 is 23.9 Å². The number of amides is 3. The number of benzene rings is 1. The number of rotatable bonds is 6. The van der Waals surface area contributed by atoms with Crippen molar-refractivity contribution >= 4 is 23.7 Å². The van der Waals surface area contributed by atoms with Gasteiger partial charge in [0.05, 0.1) is 23.7 Å². The highest BCUT2D eigenvalue weighted by molar-refractivity contribution is 6.21. The number of esters is 1. The number of carbonyl (C=O) groups excluding carboxylic acids is 4. The van der Waals surface area contributed by atoms with E-state index in [2.05, 4.69) is 0 Å². The summed E-state index contributed by atoms with van der Waals surface area (Å²) in [5.41, 5.74) is 1.79. The van der Waals surface area contributed by atoms with E-state index in [9.17, 15) is 19.2 Å². The number of likely N-dealkylation sites (tertiary alicyclic amines) is 1. The van der Waals surface area contributed by atoms with Gasteiger partial charge in [-0.15, -0.1) is 0 Å². The van der Waals surface area contributed by atoms with Gasteiger partial charge in [-0.2, -0.15) is 0 Å². The van der Waals surface area contributed by atoms with Crippen molar-refractivity contribution in [3.05, 3.63) is 34.9 Å². The lowest BCUT2D eigenvalue weighted by molar-refractivity contribution is -0.151. The quantitative estimate of drug-likeness (QED) is 0.553. The van der Waals surface area contributed by atoms with Crippen LogP contribution in [0, 0.1) is 12.8 Å². The van der Waals surface area contributed by atoms with E-state index >= 15 is 0 Å². The van der Waals surface area contributed by atoms with E-state index in [4.69, 9.17) is 4.74 Å².